The summed E-state index contributed by atoms with van der Waals surface area (Å²) >= 11 is 1.41. The minimum atomic E-state index is -0.840. The average molecular weight is 457 g/mol. The third-order valence-corrected chi connectivity index (χ3v) is 6.88. The number of carbonyl (C=O) groups is 1. The Balaban J connectivity index is 1.27. The Morgan fingerprint density at radius 2 is 2.06 bits per heavy atom. The van der Waals surface area contributed by atoms with E-state index in [1.807, 2.05) is 27.8 Å². The van der Waals surface area contributed by atoms with Crippen LogP contribution in [0.15, 0.2) is 53.9 Å². The molecule has 0 bridgehead atoms. The highest BCUT2D eigenvalue weighted by molar-refractivity contribution is 7.99. The minimum Gasteiger partial charge on any atom is -0.371 e. The van der Waals surface area contributed by atoms with Crippen molar-refractivity contribution in [2.24, 2.45) is 5.92 Å². The van der Waals surface area contributed by atoms with E-state index in [0.717, 1.165) is 29.9 Å². The second kappa shape index (κ2) is 9.73. The highest BCUT2D eigenvalue weighted by atomic mass is 32.2. The Labute approximate surface area is 190 Å². The van der Waals surface area contributed by atoms with Gasteiger partial charge in [-0.2, -0.15) is 0 Å². The molecule has 0 spiro atoms. The molecule has 1 amide bonds. The van der Waals surface area contributed by atoms with E-state index in [1.54, 1.807) is 12.3 Å². The number of aromatic nitrogens is 2. The predicted molar refractivity (Wildman–Crippen MR) is 123 cm³/mol. The topological polar surface area (TPSA) is 50.2 Å². The number of rotatable bonds is 7. The van der Waals surface area contributed by atoms with Crippen molar-refractivity contribution in [3.8, 4) is 5.69 Å². The molecule has 0 saturated carbocycles. The van der Waals surface area contributed by atoms with Crippen LogP contribution in [0, 0.1) is 31.4 Å². The summed E-state index contributed by atoms with van der Waals surface area (Å²) in [6, 6.07) is 10.1. The second-order valence-electron chi connectivity index (χ2n) is 8.09. The molecule has 1 atom stereocenters. The number of anilines is 1. The minimum absolute atomic E-state index is 0.0446. The highest BCUT2D eigenvalue weighted by Crippen LogP contribution is 2.26. The maximum atomic E-state index is 13.5. The van der Waals surface area contributed by atoms with E-state index in [0.29, 0.717) is 18.8 Å². The molecule has 32 heavy (non-hydrogen) atoms. The molecule has 8 heteroatoms. The van der Waals surface area contributed by atoms with Crippen LogP contribution in [0.1, 0.15) is 17.5 Å². The van der Waals surface area contributed by atoms with Gasteiger partial charge in [0.2, 0.25) is 5.91 Å². The molecule has 2 heterocycles. The zero-order valence-corrected chi connectivity index (χ0v) is 19.0. The molecule has 5 nitrogen and oxygen atoms in total. The zero-order chi connectivity index (χ0) is 22.7. The van der Waals surface area contributed by atoms with Gasteiger partial charge in [-0.15, -0.1) is 0 Å². The first-order valence-electron chi connectivity index (χ1n) is 10.6. The van der Waals surface area contributed by atoms with Gasteiger partial charge in [0.05, 0.1) is 11.4 Å². The lowest BCUT2D eigenvalue weighted by molar-refractivity contribution is -0.118. The zero-order valence-electron chi connectivity index (χ0n) is 18.1. The molecule has 1 unspecified atom stereocenters. The van der Waals surface area contributed by atoms with Gasteiger partial charge in [0.15, 0.2) is 16.8 Å². The van der Waals surface area contributed by atoms with Crippen LogP contribution in [0.25, 0.3) is 5.69 Å². The lowest BCUT2D eigenvalue weighted by atomic mass is 10.1. The van der Waals surface area contributed by atoms with E-state index in [2.05, 4.69) is 30.2 Å². The van der Waals surface area contributed by atoms with Crippen molar-refractivity contribution in [1.29, 1.82) is 0 Å². The van der Waals surface area contributed by atoms with Crippen molar-refractivity contribution in [2.75, 3.05) is 30.3 Å². The summed E-state index contributed by atoms with van der Waals surface area (Å²) in [7, 11) is 0. The molecule has 0 aliphatic carbocycles. The first-order chi connectivity index (χ1) is 15.4. The molecule has 1 aromatic heterocycles. The highest BCUT2D eigenvalue weighted by Gasteiger charge is 2.24. The van der Waals surface area contributed by atoms with Crippen LogP contribution < -0.4 is 10.2 Å². The number of thioether (sulfide) groups is 1. The van der Waals surface area contributed by atoms with Crippen LogP contribution in [0.3, 0.4) is 0 Å². The van der Waals surface area contributed by atoms with Crippen molar-refractivity contribution in [3.63, 3.8) is 0 Å². The second-order valence-corrected chi connectivity index (χ2v) is 9.03. The lowest BCUT2D eigenvalue weighted by Gasteiger charge is -2.19. The van der Waals surface area contributed by atoms with Crippen molar-refractivity contribution in [3.05, 3.63) is 71.6 Å². The molecular formula is C24H26F2N4OS. The Morgan fingerprint density at radius 3 is 2.88 bits per heavy atom. The predicted octanol–water partition coefficient (Wildman–Crippen LogP) is 4.50. The van der Waals surface area contributed by atoms with Gasteiger partial charge in [-0.05, 0) is 55.5 Å². The van der Waals surface area contributed by atoms with Gasteiger partial charge in [0.1, 0.15) is 0 Å². The lowest BCUT2D eigenvalue weighted by Crippen LogP contribution is -2.32. The molecule has 0 radical (unpaired) electrons. The van der Waals surface area contributed by atoms with Gasteiger partial charge >= 0.3 is 0 Å². The van der Waals surface area contributed by atoms with Gasteiger partial charge in [-0.3, -0.25) is 9.36 Å². The standard InChI is InChI=1S/C24H26F2N4OS/c1-16-4-3-5-22(17(16)2)30-11-9-27-24(30)32-15-23(31)28-13-18-8-10-29(14-18)19-6-7-20(25)21(26)12-19/h3-7,9,11-12,18H,8,10,13-15H2,1-2H3,(H,28,31). The Bertz CT molecular complexity index is 1120. The van der Waals surface area contributed by atoms with E-state index >= 15 is 0 Å². The Morgan fingerprint density at radius 1 is 1.22 bits per heavy atom. The molecule has 4 rings (SSSR count). The molecule has 3 aromatic rings. The number of nitrogens with one attached hydrogen (secondary N) is 1. The molecule has 1 saturated heterocycles. The molecule has 2 aromatic carbocycles. The van der Waals surface area contributed by atoms with Crippen molar-refractivity contribution in [2.45, 2.75) is 25.4 Å². The normalized spacial score (nSPS) is 15.9. The molecule has 1 N–H and O–H groups in total. The number of hydrogen-bond acceptors (Lipinski definition) is 4. The first-order valence-corrected chi connectivity index (χ1v) is 11.6. The third-order valence-electron chi connectivity index (χ3n) is 5.92. The summed E-state index contributed by atoms with van der Waals surface area (Å²) in [5, 5.41) is 3.78. The van der Waals surface area contributed by atoms with E-state index in [1.165, 1.54) is 29.0 Å². The Hall–Kier alpha value is -2.87. The van der Waals surface area contributed by atoms with Gasteiger partial charge in [-0.1, -0.05) is 23.9 Å². The number of nitrogens with zero attached hydrogens (tertiary/aromatic N) is 3. The van der Waals surface area contributed by atoms with Crippen LogP contribution in [0.4, 0.5) is 14.5 Å². The smallest absolute Gasteiger partial charge is 0.230 e. The summed E-state index contributed by atoms with van der Waals surface area (Å²) in [5.41, 5.74) is 4.13. The summed E-state index contributed by atoms with van der Waals surface area (Å²) in [6.45, 7) is 6.18. The summed E-state index contributed by atoms with van der Waals surface area (Å²) < 4.78 is 28.7. The van der Waals surface area contributed by atoms with Crippen molar-refractivity contribution < 1.29 is 13.6 Å². The maximum Gasteiger partial charge on any atom is 0.230 e. The van der Waals surface area contributed by atoms with Crippen LogP contribution in [-0.2, 0) is 4.79 Å². The fraction of sp³-hybridized carbons (Fsp3) is 0.333. The largest absolute Gasteiger partial charge is 0.371 e. The fourth-order valence-electron chi connectivity index (χ4n) is 3.93. The van der Waals surface area contributed by atoms with Gasteiger partial charge in [0, 0.05) is 43.8 Å². The first kappa shape index (κ1) is 22.3. The van der Waals surface area contributed by atoms with Crippen LogP contribution in [0.2, 0.25) is 0 Å². The van der Waals surface area contributed by atoms with E-state index in [-0.39, 0.29) is 17.6 Å². The molecule has 1 fully saturated rings. The number of imidazole rings is 1. The third kappa shape index (κ3) is 4.96. The van der Waals surface area contributed by atoms with Crippen molar-refractivity contribution in [1.82, 2.24) is 14.9 Å². The van der Waals surface area contributed by atoms with Crippen molar-refractivity contribution >= 4 is 23.4 Å². The van der Waals surface area contributed by atoms with Gasteiger partial charge < -0.3 is 10.2 Å². The Kier molecular flexibility index (Phi) is 6.79. The quantitative estimate of drug-likeness (QED) is 0.532. The molecular weight excluding hydrogens is 430 g/mol. The monoisotopic (exact) mass is 456 g/mol. The van der Waals surface area contributed by atoms with Crippen LogP contribution in [0.5, 0.6) is 0 Å². The van der Waals surface area contributed by atoms with Crippen LogP contribution >= 0.6 is 11.8 Å². The summed E-state index contributed by atoms with van der Waals surface area (Å²) in [4.78, 5) is 18.9. The fourth-order valence-corrected chi connectivity index (χ4v) is 4.73. The SMILES string of the molecule is Cc1cccc(-n2ccnc2SCC(=O)NCC2CCN(c3ccc(F)c(F)c3)C2)c1C. The number of carbonyl (C=O) groups excluding carboxylic acids is 1. The number of hydrogen-bond donors (Lipinski definition) is 1. The maximum absolute atomic E-state index is 13.5. The summed E-state index contributed by atoms with van der Waals surface area (Å²) in [5.74, 6) is -1.17. The number of aryl methyl sites for hydroxylation is 1. The number of amides is 1. The van der Waals surface area contributed by atoms with Crippen LogP contribution in [-0.4, -0.2) is 40.8 Å². The summed E-state index contributed by atoms with van der Waals surface area (Å²) in [6.07, 6.45) is 4.55. The van der Waals surface area contributed by atoms with E-state index < -0.39 is 11.6 Å². The van der Waals surface area contributed by atoms with Gasteiger partial charge in [-0.25, -0.2) is 13.8 Å². The number of benzene rings is 2. The molecule has 1 aliphatic rings. The molecule has 1 aliphatic heterocycles. The average Bonchev–Trinajstić information content (AvgIpc) is 3.44. The molecule has 168 valence electrons. The van der Waals surface area contributed by atoms with E-state index in [9.17, 15) is 13.6 Å². The number of halogens is 2. The van der Waals surface area contributed by atoms with E-state index in [4.69, 9.17) is 0 Å². The van der Waals surface area contributed by atoms with Gasteiger partial charge in [0.25, 0.3) is 0 Å².